The molecular weight excluding hydrogens is 218 g/mol. The van der Waals surface area contributed by atoms with Gasteiger partial charge < -0.3 is 9.64 Å². The zero-order chi connectivity index (χ0) is 11.8. The molecule has 1 aromatic rings. The predicted molar refractivity (Wildman–Crippen MR) is 71.1 cm³/mol. The van der Waals surface area contributed by atoms with Crippen LogP contribution in [0.2, 0.25) is 0 Å². The van der Waals surface area contributed by atoms with Crippen molar-refractivity contribution in [3.05, 3.63) is 30.3 Å². The van der Waals surface area contributed by atoms with Crippen LogP contribution in [-0.4, -0.2) is 30.0 Å². The molecule has 0 saturated heterocycles. The number of ether oxygens (including phenoxy) is 1. The van der Waals surface area contributed by atoms with Crippen LogP contribution in [0.1, 0.15) is 20.3 Å². The van der Waals surface area contributed by atoms with Crippen molar-refractivity contribution in [3.63, 3.8) is 0 Å². The van der Waals surface area contributed by atoms with Gasteiger partial charge in [-0.2, -0.15) is 0 Å². The lowest BCUT2D eigenvalue weighted by molar-refractivity contribution is 0.230. The Balaban J connectivity index is 2.28. The molecule has 0 bridgehead atoms. The van der Waals surface area contributed by atoms with Gasteiger partial charge in [0.25, 0.3) is 0 Å². The fourth-order valence-electron chi connectivity index (χ4n) is 1.50. The van der Waals surface area contributed by atoms with Crippen molar-refractivity contribution in [2.24, 2.45) is 0 Å². The van der Waals surface area contributed by atoms with Gasteiger partial charge in [-0.3, -0.25) is 0 Å². The second-order valence-corrected chi connectivity index (χ2v) is 4.20. The molecule has 0 amide bonds. The monoisotopic (exact) mass is 238 g/mol. The first-order valence-electron chi connectivity index (χ1n) is 5.79. The molecule has 0 aliphatic heterocycles. The third-order valence-electron chi connectivity index (χ3n) is 2.55. The number of hydrogen-bond acceptors (Lipinski definition) is 3. The molecule has 0 aromatic heterocycles. The van der Waals surface area contributed by atoms with E-state index in [1.807, 2.05) is 24.3 Å². The Labute approximate surface area is 104 Å². The summed E-state index contributed by atoms with van der Waals surface area (Å²) < 4.78 is 5.67. The molecule has 16 heavy (non-hydrogen) atoms. The Morgan fingerprint density at radius 2 is 1.94 bits per heavy atom. The van der Waals surface area contributed by atoms with E-state index in [2.05, 4.69) is 37.4 Å². The SMILES string of the molecule is CCN(CC)CCC(S)Oc1cc[c]cc1. The van der Waals surface area contributed by atoms with Crippen LogP contribution in [-0.2, 0) is 0 Å². The Morgan fingerprint density at radius 1 is 1.31 bits per heavy atom. The molecule has 2 nitrogen and oxygen atoms in total. The number of thiol groups is 1. The molecule has 0 heterocycles. The minimum atomic E-state index is -0.0389. The van der Waals surface area contributed by atoms with Gasteiger partial charge in [-0.1, -0.05) is 26.0 Å². The van der Waals surface area contributed by atoms with Gasteiger partial charge in [0.1, 0.15) is 11.2 Å². The fourth-order valence-corrected chi connectivity index (χ4v) is 1.74. The quantitative estimate of drug-likeness (QED) is 0.579. The normalized spacial score (nSPS) is 12.8. The smallest absolute Gasteiger partial charge is 0.142 e. The first-order chi connectivity index (χ1) is 7.76. The van der Waals surface area contributed by atoms with Gasteiger partial charge in [0.2, 0.25) is 0 Å². The van der Waals surface area contributed by atoms with Gasteiger partial charge in [-0.15, -0.1) is 12.6 Å². The van der Waals surface area contributed by atoms with Crippen LogP contribution in [0.25, 0.3) is 0 Å². The molecule has 3 heteroatoms. The van der Waals surface area contributed by atoms with Gasteiger partial charge in [0.15, 0.2) is 0 Å². The van der Waals surface area contributed by atoms with Gasteiger partial charge in [-0.05, 0) is 31.3 Å². The molecule has 0 saturated carbocycles. The average Bonchev–Trinajstić information content (AvgIpc) is 2.31. The number of nitrogens with zero attached hydrogens (tertiary/aromatic N) is 1. The summed E-state index contributed by atoms with van der Waals surface area (Å²) in [6, 6.07) is 10.5. The van der Waals surface area contributed by atoms with E-state index in [4.69, 9.17) is 4.74 Å². The minimum absolute atomic E-state index is 0.0389. The van der Waals surface area contributed by atoms with Gasteiger partial charge in [-0.25, -0.2) is 0 Å². The van der Waals surface area contributed by atoms with Crippen LogP contribution in [0.5, 0.6) is 5.75 Å². The standard InChI is InChI=1S/C13H20NOS/c1-3-14(4-2)11-10-13(16)15-12-8-6-5-7-9-12/h6-9,13,16H,3-4,10-11H2,1-2H3. The van der Waals surface area contributed by atoms with E-state index >= 15 is 0 Å². The highest BCUT2D eigenvalue weighted by molar-refractivity contribution is 7.80. The van der Waals surface area contributed by atoms with E-state index in [-0.39, 0.29) is 5.44 Å². The number of benzene rings is 1. The molecule has 1 unspecified atom stereocenters. The summed E-state index contributed by atoms with van der Waals surface area (Å²) in [7, 11) is 0. The highest BCUT2D eigenvalue weighted by Crippen LogP contribution is 2.14. The summed E-state index contributed by atoms with van der Waals surface area (Å²) in [5, 5.41) is 0. The van der Waals surface area contributed by atoms with E-state index in [0.29, 0.717) is 0 Å². The molecule has 0 aliphatic carbocycles. The Bertz CT molecular complexity index is 275. The van der Waals surface area contributed by atoms with Gasteiger partial charge in [0, 0.05) is 13.0 Å². The van der Waals surface area contributed by atoms with Gasteiger partial charge >= 0.3 is 0 Å². The van der Waals surface area contributed by atoms with E-state index < -0.39 is 0 Å². The van der Waals surface area contributed by atoms with E-state index in [1.165, 1.54) is 0 Å². The maximum atomic E-state index is 5.67. The lowest BCUT2D eigenvalue weighted by Gasteiger charge is -2.20. The zero-order valence-electron chi connectivity index (χ0n) is 10.0. The molecule has 0 fully saturated rings. The molecular formula is C13H20NOS. The second kappa shape index (κ2) is 7.58. The van der Waals surface area contributed by atoms with Crippen molar-refractivity contribution in [3.8, 4) is 5.75 Å². The molecule has 1 radical (unpaired) electrons. The summed E-state index contributed by atoms with van der Waals surface area (Å²) in [5.41, 5.74) is -0.0389. The Hall–Kier alpha value is -0.670. The highest BCUT2D eigenvalue weighted by Gasteiger charge is 2.07. The first kappa shape index (κ1) is 13.4. The van der Waals surface area contributed by atoms with Crippen LogP contribution >= 0.6 is 12.6 Å². The summed E-state index contributed by atoms with van der Waals surface area (Å²) in [4.78, 5) is 2.37. The van der Waals surface area contributed by atoms with Gasteiger partial charge in [0.05, 0.1) is 0 Å². The van der Waals surface area contributed by atoms with Crippen LogP contribution in [0.3, 0.4) is 0 Å². The van der Waals surface area contributed by atoms with Crippen LogP contribution in [0.4, 0.5) is 0 Å². The van der Waals surface area contributed by atoms with Crippen molar-refractivity contribution in [1.29, 1.82) is 0 Å². The lowest BCUT2D eigenvalue weighted by atomic mass is 10.3. The molecule has 1 aromatic carbocycles. The molecule has 0 aliphatic rings. The summed E-state index contributed by atoms with van der Waals surface area (Å²) in [5.74, 6) is 0.860. The van der Waals surface area contributed by atoms with E-state index in [0.717, 1.165) is 31.8 Å². The fraction of sp³-hybridized carbons (Fsp3) is 0.538. The highest BCUT2D eigenvalue weighted by atomic mass is 32.1. The molecule has 1 atom stereocenters. The largest absolute Gasteiger partial charge is 0.480 e. The van der Waals surface area contributed by atoms with Crippen molar-refractivity contribution in [2.75, 3.05) is 19.6 Å². The minimum Gasteiger partial charge on any atom is -0.480 e. The first-order valence-corrected chi connectivity index (χ1v) is 6.31. The number of rotatable bonds is 7. The maximum Gasteiger partial charge on any atom is 0.142 e. The molecule has 0 spiro atoms. The van der Waals surface area contributed by atoms with Crippen molar-refractivity contribution < 1.29 is 4.74 Å². The number of hydrogen-bond donors (Lipinski definition) is 1. The molecule has 0 N–H and O–H groups in total. The second-order valence-electron chi connectivity index (χ2n) is 3.62. The Morgan fingerprint density at radius 3 is 2.50 bits per heavy atom. The summed E-state index contributed by atoms with van der Waals surface area (Å²) >= 11 is 4.43. The molecule has 89 valence electrons. The van der Waals surface area contributed by atoms with Crippen molar-refractivity contribution in [1.82, 2.24) is 4.90 Å². The Kier molecular flexibility index (Phi) is 6.34. The zero-order valence-corrected chi connectivity index (χ0v) is 10.9. The summed E-state index contributed by atoms with van der Waals surface area (Å²) in [6.45, 7) is 7.53. The maximum absolute atomic E-state index is 5.67. The van der Waals surface area contributed by atoms with Crippen molar-refractivity contribution >= 4 is 12.6 Å². The third kappa shape index (κ3) is 4.90. The summed E-state index contributed by atoms with van der Waals surface area (Å²) in [6.07, 6.45) is 0.934. The topological polar surface area (TPSA) is 12.5 Å². The lowest BCUT2D eigenvalue weighted by Crippen LogP contribution is -2.27. The predicted octanol–water partition coefficient (Wildman–Crippen LogP) is 2.85. The molecule has 1 rings (SSSR count). The van der Waals surface area contributed by atoms with Crippen molar-refractivity contribution in [2.45, 2.75) is 25.7 Å². The van der Waals surface area contributed by atoms with Crippen LogP contribution in [0.15, 0.2) is 24.3 Å². The van der Waals surface area contributed by atoms with Crippen LogP contribution in [0, 0.1) is 6.07 Å². The third-order valence-corrected chi connectivity index (χ3v) is 2.91. The van der Waals surface area contributed by atoms with Crippen LogP contribution < -0.4 is 4.74 Å². The van der Waals surface area contributed by atoms with E-state index in [9.17, 15) is 0 Å². The van der Waals surface area contributed by atoms with E-state index in [1.54, 1.807) is 0 Å². The average molecular weight is 238 g/mol.